The second kappa shape index (κ2) is 5.16. The molecule has 0 radical (unpaired) electrons. The SMILES string of the molecule is CC(C)(C)OC(=O)N[C@]1(c2ccc(Br)cn2)[C@@H]2CSC[C@@H]21. The van der Waals surface area contributed by atoms with Crippen LogP contribution in [-0.4, -0.2) is 28.2 Å². The van der Waals surface area contributed by atoms with E-state index in [1.807, 2.05) is 44.7 Å². The highest BCUT2D eigenvalue weighted by Gasteiger charge is 2.69. The van der Waals surface area contributed by atoms with Crippen molar-refractivity contribution in [2.75, 3.05) is 11.5 Å². The fourth-order valence-electron chi connectivity index (χ4n) is 3.08. The van der Waals surface area contributed by atoms with Crippen LogP contribution in [0, 0.1) is 11.8 Å². The number of carbonyl (C=O) groups is 1. The Bertz CT molecular complexity index is 546. The Morgan fingerprint density at radius 3 is 2.62 bits per heavy atom. The number of rotatable bonds is 2. The first-order chi connectivity index (χ1) is 9.83. The Morgan fingerprint density at radius 2 is 2.10 bits per heavy atom. The topological polar surface area (TPSA) is 51.2 Å². The van der Waals surface area contributed by atoms with Gasteiger partial charge in [0.05, 0.1) is 11.2 Å². The molecule has 6 heteroatoms. The molecule has 1 aromatic rings. The van der Waals surface area contributed by atoms with Crippen LogP contribution in [0.5, 0.6) is 0 Å². The largest absolute Gasteiger partial charge is 0.444 e. The van der Waals surface area contributed by atoms with Crippen LogP contribution in [0.1, 0.15) is 26.5 Å². The van der Waals surface area contributed by atoms with Crippen LogP contribution in [0.2, 0.25) is 0 Å². The van der Waals surface area contributed by atoms with Crippen molar-refractivity contribution >= 4 is 33.8 Å². The van der Waals surface area contributed by atoms with E-state index in [4.69, 9.17) is 4.74 Å². The maximum absolute atomic E-state index is 12.2. The molecule has 4 nitrogen and oxygen atoms in total. The molecule has 1 saturated carbocycles. The minimum atomic E-state index is -0.489. The van der Waals surface area contributed by atoms with Crippen LogP contribution < -0.4 is 5.32 Å². The van der Waals surface area contributed by atoms with Crippen LogP contribution >= 0.6 is 27.7 Å². The number of alkyl carbamates (subject to hydrolysis) is 1. The van der Waals surface area contributed by atoms with Crippen molar-refractivity contribution in [3.63, 3.8) is 0 Å². The molecule has 0 aromatic carbocycles. The predicted octanol–water partition coefficient (Wildman–Crippen LogP) is 3.56. The molecule has 114 valence electrons. The number of carbonyl (C=O) groups excluding carboxylic acids is 1. The number of nitrogens with zero attached hydrogens (tertiary/aromatic N) is 1. The van der Waals surface area contributed by atoms with E-state index in [0.717, 1.165) is 21.7 Å². The predicted molar refractivity (Wildman–Crippen MR) is 87.3 cm³/mol. The number of hydrogen-bond donors (Lipinski definition) is 1. The van der Waals surface area contributed by atoms with Crippen molar-refractivity contribution in [2.45, 2.75) is 31.9 Å². The lowest BCUT2D eigenvalue weighted by molar-refractivity contribution is 0.0484. The highest BCUT2D eigenvalue weighted by Crippen LogP contribution is 2.63. The van der Waals surface area contributed by atoms with Gasteiger partial charge in [-0.25, -0.2) is 4.79 Å². The Balaban J connectivity index is 1.83. The van der Waals surface area contributed by atoms with Gasteiger partial charge in [-0.15, -0.1) is 0 Å². The lowest BCUT2D eigenvalue weighted by atomic mass is 10.1. The average Bonchev–Trinajstić information content (AvgIpc) is 2.76. The van der Waals surface area contributed by atoms with Gasteiger partial charge in [-0.05, 0) is 60.3 Å². The molecule has 3 atom stereocenters. The zero-order chi connectivity index (χ0) is 15.3. The van der Waals surface area contributed by atoms with E-state index in [2.05, 4.69) is 26.2 Å². The summed E-state index contributed by atoms with van der Waals surface area (Å²) in [5, 5.41) is 3.11. The van der Waals surface area contributed by atoms with Gasteiger partial charge in [-0.1, -0.05) is 0 Å². The fraction of sp³-hybridized carbons (Fsp3) is 0.600. The van der Waals surface area contributed by atoms with Crippen LogP contribution in [0.3, 0.4) is 0 Å². The molecule has 1 amide bonds. The van der Waals surface area contributed by atoms with Crippen LogP contribution in [0.4, 0.5) is 4.79 Å². The van der Waals surface area contributed by atoms with E-state index >= 15 is 0 Å². The molecule has 21 heavy (non-hydrogen) atoms. The molecule has 2 heterocycles. The van der Waals surface area contributed by atoms with Gasteiger partial charge in [0.15, 0.2) is 0 Å². The Labute approximate surface area is 137 Å². The lowest BCUT2D eigenvalue weighted by Gasteiger charge is -2.25. The first-order valence-corrected chi connectivity index (χ1v) is 8.98. The number of pyridine rings is 1. The van der Waals surface area contributed by atoms with E-state index in [0.29, 0.717) is 11.8 Å². The molecule has 3 rings (SSSR count). The maximum Gasteiger partial charge on any atom is 0.408 e. The number of nitrogens with one attached hydrogen (secondary N) is 1. The monoisotopic (exact) mass is 370 g/mol. The number of amides is 1. The fourth-order valence-corrected chi connectivity index (χ4v) is 4.95. The summed E-state index contributed by atoms with van der Waals surface area (Å²) in [6.07, 6.45) is 1.43. The van der Waals surface area contributed by atoms with Gasteiger partial charge in [-0.3, -0.25) is 4.98 Å². The molecule has 2 fully saturated rings. The van der Waals surface area contributed by atoms with Gasteiger partial charge in [0.25, 0.3) is 0 Å². The third-order valence-electron chi connectivity index (χ3n) is 4.00. The zero-order valence-corrected chi connectivity index (χ0v) is 14.8. The molecule has 0 spiro atoms. The first kappa shape index (κ1) is 15.2. The summed E-state index contributed by atoms with van der Waals surface area (Å²) in [4.78, 5) is 16.7. The molecule has 1 N–H and O–H groups in total. The van der Waals surface area contributed by atoms with Crippen molar-refractivity contribution in [3.8, 4) is 0 Å². The molecule has 1 saturated heterocycles. The van der Waals surface area contributed by atoms with Crippen molar-refractivity contribution in [1.29, 1.82) is 0 Å². The number of ether oxygens (including phenoxy) is 1. The minimum absolute atomic E-state index is 0.339. The smallest absolute Gasteiger partial charge is 0.408 e. The highest BCUT2D eigenvalue weighted by molar-refractivity contribution is 9.10. The van der Waals surface area contributed by atoms with Crippen LogP contribution in [0.15, 0.2) is 22.8 Å². The standard InChI is InChI=1S/C15H19BrN2O2S/c1-14(2,3)20-13(19)18-15(10-7-21-8-11(10)15)12-5-4-9(16)6-17-12/h4-6,10-11H,7-8H2,1-3H3,(H,18,19)/t10-,11+,15-. The van der Waals surface area contributed by atoms with Gasteiger partial charge in [0.2, 0.25) is 0 Å². The van der Waals surface area contributed by atoms with E-state index in [1.54, 1.807) is 6.20 Å². The number of hydrogen-bond acceptors (Lipinski definition) is 4. The number of aromatic nitrogens is 1. The van der Waals surface area contributed by atoms with Crippen LogP contribution in [-0.2, 0) is 10.3 Å². The number of thioether (sulfide) groups is 1. The highest BCUT2D eigenvalue weighted by atomic mass is 79.9. The van der Waals surface area contributed by atoms with Crippen molar-refractivity contribution < 1.29 is 9.53 Å². The van der Waals surface area contributed by atoms with E-state index in [1.165, 1.54) is 0 Å². The third-order valence-corrected chi connectivity index (χ3v) is 5.66. The summed E-state index contributed by atoms with van der Waals surface area (Å²) in [6.45, 7) is 5.63. The van der Waals surface area contributed by atoms with Gasteiger partial charge in [0, 0.05) is 22.5 Å². The van der Waals surface area contributed by atoms with Gasteiger partial charge in [0.1, 0.15) is 5.60 Å². The summed E-state index contributed by atoms with van der Waals surface area (Å²) in [6, 6.07) is 3.96. The first-order valence-electron chi connectivity index (χ1n) is 7.04. The molecular formula is C15H19BrN2O2S. The normalized spacial score (nSPS) is 30.7. The van der Waals surface area contributed by atoms with Gasteiger partial charge < -0.3 is 10.1 Å². The zero-order valence-electron chi connectivity index (χ0n) is 12.4. The molecule has 1 aliphatic carbocycles. The maximum atomic E-state index is 12.2. The second-order valence-electron chi connectivity index (χ2n) is 6.61. The molecule has 0 unspecified atom stereocenters. The van der Waals surface area contributed by atoms with Crippen molar-refractivity contribution in [1.82, 2.24) is 10.3 Å². The lowest BCUT2D eigenvalue weighted by Crippen LogP contribution is -2.42. The number of halogens is 1. The summed E-state index contributed by atoms with van der Waals surface area (Å²) in [7, 11) is 0. The summed E-state index contributed by atoms with van der Waals surface area (Å²) in [5.41, 5.74) is 0.109. The Kier molecular flexibility index (Phi) is 3.72. The molecular weight excluding hydrogens is 352 g/mol. The summed E-state index contributed by atoms with van der Waals surface area (Å²) >= 11 is 5.35. The molecule has 1 aromatic heterocycles. The second-order valence-corrected chi connectivity index (χ2v) is 8.60. The molecule has 2 aliphatic rings. The van der Waals surface area contributed by atoms with Gasteiger partial charge >= 0.3 is 6.09 Å². The minimum Gasteiger partial charge on any atom is -0.444 e. The van der Waals surface area contributed by atoms with E-state index < -0.39 is 5.60 Å². The van der Waals surface area contributed by atoms with Crippen molar-refractivity contribution in [2.24, 2.45) is 11.8 Å². The average molecular weight is 371 g/mol. The van der Waals surface area contributed by atoms with E-state index in [-0.39, 0.29) is 11.6 Å². The van der Waals surface area contributed by atoms with Crippen molar-refractivity contribution in [3.05, 3.63) is 28.5 Å². The van der Waals surface area contributed by atoms with Gasteiger partial charge in [-0.2, -0.15) is 11.8 Å². The molecule has 1 aliphatic heterocycles. The quantitative estimate of drug-likeness (QED) is 0.864. The summed E-state index contributed by atoms with van der Waals surface area (Å²) in [5.74, 6) is 3.06. The Morgan fingerprint density at radius 1 is 1.43 bits per heavy atom. The third kappa shape index (κ3) is 2.80. The number of fused-ring (bicyclic) bond motifs is 1. The Hall–Kier alpha value is -0.750. The van der Waals surface area contributed by atoms with Crippen LogP contribution in [0.25, 0.3) is 0 Å². The summed E-state index contributed by atoms with van der Waals surface area (Å²) < 4.78 is 6.37. The molecule has 0 bridgehead atoms. The van der Waals surface area contributed by atoms with E-state index in [9.17, 15) is 4.79 Å².